The van der Waals surface area contributed by atoms with E-state index in [2.05, 4.69) is 32.0 Å². The zero-order chi connectivity index (χ0) is 20.9. The number of nitrogens with one attached hydrogen (secondary N) is 1. The second kappa shape index (κ2) is 9.11. The Labute approximate surface area is 182 Å². The molecule has 2 aromatic carbocycles. The van der Waals surface area contributed by atoms with Crippen molar-refractivity contribution in [3.63, 3.8) is 0 Å². The SMILES string of the molecule is N#CC(=Cc1ccc(OCC(=O)N2CCOCC2)c(Br)c1)c1nc2ccccc2[nH]1. The van der Waals surface area contributed by atoms with E-state index in [1.54, 1.807) is 17.0 Å². The van der Waals surface area contributed by atoms with Crippen LogP contribution in [0.25, 0.3) is 22.7 Å². The Morgan fingerprint density at radius 2 is 2.10 bits per heavy atom. The van der Waals surface area contributed by atoms with Crippen molar-refractivity contribution >= 4 is 44.5 Å². The molecule has 0 saturated carbocycles. The van der Waals surface area contributed by atoms with Gasteiger partial charge in [-0.3, -0.25) is 4.79 Å². The molecule has 152 valence electrons. The molecule has 0 aliphatic carbocycles. The minimum atomic E-state index is -0.0641. The lowest BCUT2D eigenvalue weighted by Gasteiger charge is -2.26. The van der Waals surface area contributed by atoms with E-state index in [9.17, 15) is 10.1 Å². The Morgan fingerprint density at radius 1 is 1.30 bits per heavy atom. The highest BCUT2D eigenvalue weighted by Gasteiger charge is 2.17. The van der Waals surface area contributed by atoms with Crippen molar-refractivity contribution in [1.29, 1.82) is 5.26 Å². The summed E-state index contributed by atoms with van der Waals surface area (Å²) in [7, 11) is 0. The number of hydrogen-bond donors (Lipinski definition) is 1. The van der Waals surface area contributed by atoms with Gasteiger partial charge in [0.2, 0.25) is 0 Å². The predicted octanol–water partition coefficient (Wildman–Crippen LogP) is 3.63. The molecule has 2 heterocycles. The first kappa shape index (κ1) is 20.1. The number of nitriles is 1. The van der Waals surface area contributed by atoms with Crippen LogP contribution in [0.3, 0.4) is 0 Å². The zero-order valence-electron chi connectivity index (χ0n) is 16.1. The molecule has 1 fully saturated rings. The van der Waals surface area contributed by atoms with Crippen LogP contribution in [0.15, 0.2) is 46.9 Å². The lowest BCUT2D eigenvalue weighted by molar-refractivity contribution is -0.137. The van der Waals surface area contributed by atoms with Crippen LogP contribution in [0.5, 0.6) is 5.75 Å². The highest BCUT2D eigenvalue weighted by atomic mass is 79.9. The summed E-state index contributed by atoms with van der Waals surface area (Å²) in [6.45, 7) is 2.26. The first-order valence-electron chi connectivity index (χ1n) is 9.49. The Morgan fingerprint density at radius 3 is 2.83 bits per heavy atom. The Hall–Kier alpha value is -3.15. The Kier molecular flexibility index (Phi) is 6.12. The van der Waals surface area contributed by atoms with Crippen LogP contribution in [0.2, 0.25) is 0 Å². The number of imidazole rings is 1. The van der Waals surface area contributed by atoms with Crippen molar-refractivity contribution < 1.29 is 14.3 Å². The molecular formula is C22H19BrN4O3. The number of aromatic amines is 1. The third-order valence-corrected chi connectivity index (χ3v) is 5.37. The minimum absolute atomic E-state index is 0.0315. The highest BCUT2D eigenvalue weighted by Crippen LogP contribution is 2.28. The number of carbonyl (C=O) groups is 1. The number of aromatic nitrogens is 2. The van der Waals surface area contributed by atoms with E-state index in [0.29, 0.717) is 47.9 Å². The molecule has 1 saturated heterocycles. The number of benzene rings is 2. The molecule has 0 radical (unpaired) electrons. The number of carbonyl (C=O) groups excluding carboxylic acids is 1. The van der Waals surface area contributed by atoms with Gasteiger partial charge in [0.25, 0.3) is 5.91 Å². The monoisotopic (exact) mass is 466 g/mol. The summed E-state index contributed by atoms with van der Waals surface area (Å²) in [5, 5.41) is 9.59. The Bertz CT molecular complexity index is 1110. The molecule has 1 aliphatic rings. The molecule has 1 aromatic heterocycles. The maximum atomic E-state index is 12.2. The number of H-pyrrole nitrogens is 1. The summed E-state index contributed by atoms with van der Waals surface area (Å²) in [6.07, 6.45) is 1.76. The van der Waals surface area contributed by atoms with Gasteiger partial charge in [-0.15, -0.1) is 0 Å². The number of amides is 1. The number of morpholine rings is 1. The average Bonchev–Trinajstić information content (AvgIpc) is 3.21. The summed E-state index contributed by atoms with van der Waals surface area (Å²) in [4.78, 5) is 21.6. The van der Waals surface area contributed by atoms with Crippen molar-refractivity contribution in [2.45, 2.75) is 0 Å². The van der Waals surface area contributed by atoms with Gasteiger partial charge in [0.1, 0.15) is 17.6 Å². The van der Waals surface area contributed by atoms with Crippen LogP contribution in [-0.2, 0) is 9.53 Å². The fourth-order valence-electron chi connectivity index (χ4n) is 3.17. The van der Waals surface area contributed by atoms with Crippen LogP contribution in [0.4, 0.5) is 0 Å². The molecule has 1 N–H and O–H groups in total. The number of fused-ring (bicyclic) bond motifs is 1. The molecule has 30 heavy (non-hydrogen) atoms. The molecule has 1 aliphatic heterocycles. The molecule has 0 bridgehead atoms. The third-order valence-electron chi connectivity index (χ3n) is 4.75. The van der Waals surface area contributed by atoms with Crippen LogP contribution in [-0.4, -0.2) is 53.7 Å². The lowest BCUT2D eigenvalue weighted by atomic mass is 10.1. The maximum Gasteiger partial charge on any atom is 0.260 e. The molecule has 4 rings (SSSR count). The summed E-state index contributed by atoms with van der Waals surface area (Å²) >= 11 is 3.48. The third kappa shape index (κ3) is 4.53. The van der Waals surface area contributed by atoms with Crippen LogP contribution >= 0.6 is 15.9 Å². The molecule has 3 aromatic rings. The normalized spacial score (nSPS) is 14.5. The van der Waals surface area contributed by atoms with Gasteiger partial charge in [0.15, 0.2) is 6.61 Å². The largest absolute Gasteiger partial charge is 0.483 e. The molecule has 0 atom stereocenters. The van der Waals surface area contributed by atoms with Gasteiger partial charge < -0.3 is 19.4 Å². The first-order chi connectivity index (χ1) is 14.6. The summed E-state index contributed by atoms with van der Waals surface area (Å²) in [6, 6.07) is 15.3. The van der Waals surface area contributed by atoms with E-state index in [0.717, 1.165) is 16.6 Å². The molecule has 1 amide bonds. The quantitative estimate of drug-likeness (QED) is 0.579. The molecule has 8 heteroatoms. The summed E-state index contributed by atoms with van der Waals surface area (Å²) < 4.78 is 11.6. The summed E-state index contributed by atoms with van der Waals surface area (Å²) in [5.74, 6) is 1.02. The smallest absolute Gasteiger partial charge is 0.260 e. The number of halogens is 1. The molecule has 7 nitrogen and oxygen atoms in total. The molecule has 0 unspecified atom stereocenters. The van der Waals surface area contributed by atoms with Gasteiger partial charge in [-0.05, 0) is 51.8 Å². The fraction of sp³-hybridized carbons (Fsp3) is 0.227. The first-order valence-corrected chi connectivity index (χ1v) is 10.3. The lowest BCUT2D eigenvalue weighted by Crippen LogP contribution is -2.43. The van der Waals surface area contributed by atoms with Crippen molar-refractivity contribution in [1.82, 2.24) is 14.9 Å². The number of rotatable bonds is 5. The average molecular weight is 467 g/mol. The Balaban J connectivity index is 1.47. The van der Waals surface area contributed by atoms with Crippen LogP contribution in [0.1, 0.15) is 11.4 Å². The van der Waals surface area contributed by atoms with Gasteiger partial charge in [0.05, 0.1) is 34.3 Å². The van der Waals surface area contributed by atoms with Crippen molar-refractivity contribution in [2.24, 2.45) is 0 Å². The van der Waals surface area contributed by atoms with Gasteiger partial charge >= 0.3 is 0 Å². The van der Waals surface area contributed by atoms with Gasteiger partial charge in [0, 0.05) is 13.1 Å². The number of allylic oxidation sites excluding steroid dienone is 1. The second-order valence-corrected chi connectivity index (χ2v) is 7.60. The zero-order valence-corrected chi connectivity index (χ0v) is 17.7. The number of ether oxygens (including phenoxy) is 2. The van der Waals surface area contributed by atoms with E-state index in [-0.39, 0.29) is 12.5 Å². The highest BCUT2D eigenvalue weighted by molar-refractivity contribution is 9.10. The minimum Gasteiger partial charge on any atom is -0.483 e. The maximum absolute atomic E-state index is 12.2. The number of para-hydroxylation sites is 2. The van der Waals surface area contributed by atoms with E-state index in [4.69, 9.17) is 9.47 Å². The molecule has 0 spiro atoms. The van der Waals surface area contributed by atoms with Crippen LogP contribution < -0.4 is 4.74 Å². The topological polar surface area (TPSA) is 91.2 Å². The van der Waals surface area contributed by atoms with Gasteiger partial charge in [-0.1, -0.05) is 18.2 Å². The van der Waals surface area contributed by atoms with E-state index in [1.165, 1.54) is 0 Å². The van der Waals surface area contributed by atoms with E-state index < -0.39 is 0 Å². The van der Waals surface area contributed by atoms with E-state index >= 15 is 0 Å². The van der Waals surface area contributed by atoms with Gasteiger partial charge in [-0.25, -0.2) is 4.98 Å². The molecular weight excluding hydrogens is 448 g/mol. The predicted molar refractivity (Wildman–Crippen MR) is 117 cm³/mol. The van der Waals surface area contributed by atoms with Crippen molar-refractivity contribution in [3.05, 3.63) is 58.3 Å². The number of hydrogen-bond acceptors (Lipinski definition) is 5. The summed E-state index contributed by atoms with van der Waals surface area (Å²) in [5.41, 5.74) is 2.92. The standard InChI is InChI=1S/C22H19BrN4O3/c23-17-12-15(5-6-20(17)30-14-21(28)27-7-9-29-10-8-27)11-16(13-24)22-25-18-3-1-2-4-19(18)26-22/h1-6,11-12H,7-10,14H2,(H,25,26). The fourth-order valence-corrected chi connectivity index (χ4v) is 3.68. The van der Waals surface area contributed by atoms with Gasteiger partial charge in [-0.2, -0.15) is 5.26 Å². The number of nitrogens with zero attached hydrogens (tertiary/aromatic N) is 3. The van der Waals surface area contributed by atoms with Crippen molar-refractivity contribution in [2.75, 3.05) is 32.9 Å². The van der Waals surface area contributed by atoms with Crippen LogP contribution in [0, 0.1) is 11.3 Å². The van der Waals surface area contributed by atoms with E-state index in [1.807, 2.05) is 36.4 Å². The second-order valence-electron chi connectivity index (χ2n) is 6.74. The van der Waals surface area contributed by atoms with Crippen molar-refractivity contribution in [3.8, 4) is 11.8 Å².